The number of halogens is 10. The van der Waals surface area contributed by atoms with Crippen molar-refractivity contribution < 1.29 is 71.8 Å². The molecule has 2 unspecified atom stereocenters. The first-order chi connectivity index (χ1) is 34.3. The summed E-state index contributed by atoms with van der Waals surface area (Å²) in [5, 5.41) is 21.6. The van der Waals surface area contributed by atoms with E-state index in [-0.39, 0.29) is 58.5 Å². The minimum atomic E-state index is -1.71. The standard InChI is InChI=1S/2C28H27F4NO2.2ClH.Ti/c2*1-6-14-35-27-23(31)21(29)25(22(30)24(27)32)33-15-18-8-7-9-20(26(18)34)16(2)17-10-12-19(13-11-17)28(3,4)5;;;/h2*6-13,15-16,34H,1,14H2,2-5H3;2*1H;/q;;;;+2/p-2. The van der Waals surface area contributed by atoms with E-state index >= 15 is 0 Å². The van der Waals surface area contributed by atoms with Crippen molar-refractivity contribution in [1.29, 1.82) is 0 Å². The van der Waals surface area contributed by atoms with E-state index in [1.54, 1.807) is 24.3 Å². The number of hydrogen-bond donors (Lipinski definition) is 2. The van der Waals surface area contributed by atoms with Gasteiger partial charge < -0.3 is 19.7 Å². The summed E-state index contributed by atoms with van der Waals surface area (Å²) in [6.07, 6.45) is 4.27. The topological polar surface area (TPSA) is 83.6 Å². The first-order valence-corrected chi connectivity index (χ1v) is 26.7. The van der Waals surface area contributed by atoms with Crippen LogP contribution in [0.2, 0.25) is 0 Å². The number of phenols is 2. The fraction of sp³-hybridized carbons (Fsp3) is 0.250. The van der Waals surface area contributed by atoms with Crippen LogP contribution in [0.1, 0.15) is 112 Å². The summed E-state index contributed by atoms with van der Waals surface area (Å²) in [4.78, 5) is 7.20. The molecule has 6 nitrogen and oxygen atoms in total. The number of ether oxygens (including phenoxy) is 2. The molecule has 6 aromatic carbocycles. The number of aliphatic imine (C=N–C) groups is 2. The van der Waals surface area contributed by atoms with Crippen LogP contribution in [0, 0.1) is 46.5 Å². The van der Waals surface area contributed by atoms with Crippen molar-refractivity contribution in [2.75, 3.05) is 13.2 Å². The Hall–Kier alpha value is -5.93. The third-order valence-electron chi connectivity index (χ3n) is 11.4. The quantitative estimate of drug-likeness (QED) is 0.0374. The van der Waals surface area contributed by atoms with Gasteiger partial charge in [-0.2, -0.15) is 17.6 Å². The van der Waals surface area contributed by atoms with Crippen LogP contribution in [-0.2, 0) is 27.9 Å². The zero-order valence-corrected chi connectivity index (χ0v) is 44.3. The van der Waals surface area contributed by atoms with E-state index in [0.29, 0.717) is 11.1 Å². The first-order valence-electron chi connectivity index (χ1n) is 22.4. The second-order valence-corrected chi connectivity index (χ2v) is 21.0. The van der Waals surface area contributed by atoms with Crippen LogP contribution >= 0.6 is 18.6 Å². The Kier molecular flexibility index (Phi) is 21.5. The van der Waals surface area contributed by atoms with Crippen molar-refractivity contribution in [1.82, 2.24) is 0 Å². The average Bonchev–Trinajstić information content (AvgIpc) is 3.35. The van der Waals surface area contributed by atoms with Gasteiger partial charge in [0.1, 0.15) is 36.1 Å². The molecule has 73 heavy (non-hydrogen) atoms. The molecule has 6 aromatic rings. The summed E-state index contributed by atoms with van der Waals surface area (Å²) >= 11 is -0.556. The molecule has 17 heteroatoms. The molecule has 0 heterocycles. The van der Waals surface area contributed by atoms with Crippen molar-refractivity contribution >= 4 is 42.4 Å². The Morgan fingerprint density at radius 1 is 0.521 bits per heavy atom. The normalized spacial score (nSPS) is 12.4. The van der Waals surface area contributed by atoms with Crippen LogP contribution in [0.5, 0.6) is 23.0 Å². The van der Waals surface area contributed by atoms with E-state index in [1.807, 2.05) is 62.4 Å². The number of benzene rings is 6. The van der Waals surface area contributed by atoms with Gasteiger partial charge in [0, 0.05) is 46.5 Å². The molecule has 0 saturated heterocycles. The summed E-state index contributed by atoms with van der Waals surface area (Å²) in [7, 11) is 9.78. The van der Waals surface area contributed by atoms with Gasteiger partial charge in [-0.15, -0.1) is 0 Å². The van der Waals surface area contributed by atoms with Crippen LogP contribution in [0.3, 0.4) is 0 Å². The average molecular weight is 1090 g/mol. The zero-order valence-electron chi connectivity index (χ0n) is 41.3. The SMILES string of the molecule is C=CCOc1c(F)c(F)c(N=Cc2cccc(C(C)c3ccc(C(C)(C)C)cc3)c2O)c(F)c1F.C=CCOc1c(F)c(F)c(N=Cc2cccc(C(C)c3ccc(C(C)(C)C)cc3)c2O)c(F)c1F.[Cl][Ti][Cl]. The van der Waals surface area contributed by atoms with E-state index < -0.39 is 86.4 Å². The van der Waals surface area contributed by atoms with Gasteiger partial charge in [0.25, 0.3) is 0 Å². The Morgan fingerprint density at radius 2 is 0.808 bits per heavy atom. The van der Waals surface area contributed by atoms with E-state index in [4.69, 9.17) is 18.6 Å². The zero-order chi connectivity index (χ0) is 54.5. The van der Waals surface area contributed by atoms with Gasteiger partial charge in [0.05, 0.1) is 0 Å². The predicted molar refractivity (Wildman–Crippen MR) is 272 cm³/mol. The molecule has 0 aliphatic heterocycles. The predicted octanol–water partition coefficient (Wildman–Crippen LogP) is 16.8. The molecule has 2 atom stereocenters. The molecule has 0 spiro atoms. The van der Waals surface area contributed by atoms with E-state index in [1.165, 1.54) is 35.4 Å². The van der Waals surface area contributed by atoms with Crippen molar-refractivity contribution in [3.05, 3.63) is 201 Å². The minimum absolute atomic E-state index is 0.000234. The van der Waals surface area contributed by atoms with Crippen molar-refractivity contribution in [2.45, 2.75) is 78.1 Å². The number of hydrogen-bond acceptors (Lipinski definition) is 6. The van der Waals surface area contributed by atoms with Crippen molar-refractivity contribution in [3.8, 4) is 23.0 Å². The summed E-state index contributed by atoms with van der Waals surface area (Å²) in [6, 6.07) is 25.8. The summed E-state index contributed by atoms with van der Waals surface area (Å²) in [5.74, 6) is -16.7. The Balaban J connectivity index is 0.000000300. The molecule has 0 radical (unpaired) electrons. The van der Waals surface area contributed by atoms with Gasteiger partial charge in [-0.1, -0.05) is 153 Å². The van der Waals surface area contributed by atoms with Gasteiger partial charge >= 0.3 is 35.6 Å². The number of aromatic hydroxyl groups is 2. The third kappa shape index (κ3) is 14.7. The second-order valence-electron chi connectivity index (χ2n) is 18.4. The van der Waals surface area contributed by atoms with Gasteiger partial charge in [-0.05, 0) is 45.2 Å². The number of para-hydroxylation sites is 2. The molecule has 6 rings (SSSR count). The van der Waals surface area contributed by atoms with Crippen LogP contribution in [0.4, 0.5) is 46.5 Å². The Morgan fingerprint density at radius 3 is 1.07 bits per heavy atom. The fourth-order valence-electron chi connectivity index (χ4n) is 7.20. The van der Waals surface area contributed by atoms with Gasteiger partial charge in [0.15, 0.2) is 34.8 Å². The van der Waals surface area contributed by atoms with Crippen LogP contribution < -0.4 is 9.47 Å². The van der Waals surface area contributed by atoms with Crippen LogP contribution in [0.15, 0.2) is 120 Å². The number of phenolic OH excluding ortho intramolecular Hbond substituents is 2. The van der Waals surface area contributed by atoms with Gasteiger partial charge in [-0.25, -0.2) is 27.5 Å². The van der Waals surface area contributed by atoms with Crippen molar-refractivity contribution in [2.24, 2.45) is 9.98 Å². The van der Waals surface area contributed by atoms with Gasteiger partial charge in [-0.3, -0.25) is 0 Å². The Bertz CT molecular complexity index is 2700. The summed E-state index contributed by atoms with van der Waals surface area (Å²) < 4.78 is 124. The first kappa shape index (κ1) is 59.6. The van der Waals surface area contributed by atoms with Crippen LogP contribution in [-0.4, -0.2) is 35.9 Å². The number of rotatable bonds is 14. The molecule has 0 amide bonds. The fourth-order valence-corrected chi connectivity index (χ4v) is 7.20. The summed E-state index contributed by atoms with van der Waals surface area (Å²) in [5.41, 5.74) is 3.30. The maximum absolute atomic E-state index is 14.4. The number of nitrogens with zero attached hydrogens (tertiary/aromatic N) is 2. The molecular formula is C56H54Cl2F8N2O4Ti. The van der Waals surface area contributed by atoms with E-state index in [9.17, 15) is 45.3 Å². The van der Waals surface area contributed by atoms with Gasteiger partial charge in [0.2, 0.25) is 23.3 Å². The molecule has 386 valence electrons. The molecule has 0 bridgehead atoms. The maximum atomic E-state index is 14.4. The molecule has 0 fully saturated rings. The molecule has 2 N–H and O–H groups in total. The van der Waals surface area contributed by atoms with E-state index in [0.717, 1.165) is 23.6 Å². The van der Waals surface area contributed by atoms with Crippen LogP contribution in [0.25, 0.3) is 0 Å². The van der Waals surface area contributed by atoms with E-state index in [2.05, 4.69) is 74.2 Å². The molecule has 0 aliphatic carbocycles. The third-order valence-corrected chi connectivity index (χ3v) is 11.4. The molecular weight excluding hydrogens is 1040 g/mol. The monoisotopic (exact) mass is 1090 g/mol. The summed E-state index contributed by atoms with van der Waals surface area (Å²) in [6.45, 7) is 22.5. The molecule has 0 aromatic heterocycles. The molecule has 0 aliphatic rings. The molecule has 0 saturated carbocycles. The second kappa shape index (κ2) is 26.3. The van der Waals surface area contributed by atoms with Crippen molar-refractivity contribution in [3.63, 3.8) is 0 Å². The Labute approximate surface area is 437 Å².